The van der Waals surface area contributed by atoms with Crippen LogP contribution in [0.15, 0.2) is 119 Å². The number of anilines is 2. The molecule has 0 aliphatic rings. The van der Waals surface area contributed by atoms with Gasteiger partial charge in [-0.25, -0.2) is 9.37 Å². The number of aromatic nitrogens is 1. The minimum atomic E-state index is -0.573. The topological polar surface area (TPSA) is 100 Å². The molecule has 0 bridgehead atoms. The van der Waals surface area contributed by atoms with Crippen LogP contribution in [0.3, 0.4) is 0 Å². The minimum absolute atomic E-state index is 0.0255. The number of hydrogen-bond acceptors (Lipinski definition) is 6. The average molecular weight is 643 g/mol. The number of halogens is 2. The lowest BCUT2D eigenvalue weighted by molar-refractivity contribution is -0.114. The molecule has 0 saturated heterocycles. The van der Waals surface area contributed by atoms with Crippen LogP contribution in [0.4, 0.5) is 15.2 Å². The number of carbonyl (C=O) groups is 3. The lowest BCUT2D eigenvalue weighted by Gasteiger charge is -2.12. The van der Waals surface area contributed by atoms with Crippen molar-refractivity contribution in [1.82, 2.24) is 10.3 Å². The third-order valence-electron chi connectivity index (χ3n) is 6.07. The van der Waals surface area contributed by atoms with Gasteiger partial charge in [-0.3, -0.25) is 14.4 Å². The van der Waals surface area contributed by atoms with E-state index >= 15 is 0 Å². The van der Waals surface area contributed by atoms with Gasteiger partial charge in [0, 0.05) is 32.1 Å². The molecule has 1 heterocycles. The third kappa shape index (κ3) is 8.41. The zero-order chi connectivity index (χ0) is 30.9. The molecule has 4 aromatic carbocycles. The Morgan fingerprint density at radius 3 is 2.41 bits per heavy atom. The molecule has 5 aromatic rings. The molecular formula is C33H24ClFN4O3S2. The SMILES string of the molecule is O=C(CSc1cccc(NC(=O)/C(=C/c2ccc(F)cc2)NC(=O)c2ccccc2)c1)Nc1nc(-c2ccccc2Cl)cs1. The first-order valence-corrected chi connectivity index (χ1v) is 15.5. The summed E-state index contributed by atoms with van der Waals surface area (Å²) >= 11 is 8.85. The summed E-state index contributed by atoms with van der Waals surface area (Å²) in [6.45, 7) is 0. The Morgan fingerprint density at radius 2 is 1.64 bits per heavy atom. The lowest BCUT2D eigenvalue weighted by atomic mass is 10.1. The van der Waals surface area contributed by atoms with Crippen LogP contribution < -0.4 is 16.0 Å². The maximum absolute atomic E-state index is 13.4. The Bertz CT molecular complexity index is 1830. The molecule has 0 radical (unpaired) electrons. The number of thioether (sulfide) groups is 1. The van der Waals surface area contributed by atoms with Crippen LogP contribution in [-0.4, -0.2) is 28.5 Å². The molecule has 0 fully saturated rings. The predicted molar refractivity (Wildman–Crippen MR) is 175 cm³/mol. The van der Waals surface area contributed by atoms with Gasteiger partial charge in [0.1, 0.15) is 11.5 Å². The molecule has 0 saturated carbocycles. The summed E-state index contributed by atoms with van der Waals surface area (Å²) in [7, 11) is 0. The summed E-state index contributed by atoms with van der Waals surface area (Å²) in [5, 5.41) is 11.1. The molecule has 7 nitrogen and oxygen atoms in total. The van der Waals surface area contributed by atoms with E-state index in [9.17, 15) is 18.8 Å². The highest BCUT2D eigenvalue weighted by Gasteiger charge is 2.16. The Hall–Kier alpha value is -4.77. The minimum Gasteiger partial charge on any atom is -0.321 e. The van der Waals surface area contributed by atoms with Gasteiger partial charge in [-0.15, -0.1) is 23.1 Å². The van der Waals surface area contributed by atoms with E-state index in [2.05, 4.69) is 20.9 Å². The second kappa shape index (κ2) is 14.6. The second-order valence-corrected chi connectivity index (χ2v) is 11.6. The zero-order valence-electron chi connectivity index (χ0n) is 22.9. The van der Waals surface area contributed by atoms with Gasteiger partial charge in [0.2, 0.25) is 5.91 Å². The molecule has 3 N–H and O–H groups in total. The highest BCUT2D eigenvalue weighted by atomic mass is 35.5. The molecule has 0 spiro atoms. The highest BCUT2D eigenvalue weighted by Crippen LogP contribution is 2.30. The van der Waals surface area contributed by atoms with Gasteiger partial charge in [-0.1, -0.05) is 66.2 Å². The molecule has 3 amide bonds. The molecule has 220 valence electrons. The zero-order valence-corrected chi connectivity index (χ0v) is 25.3. The summed E-state index contributed by atoms with van der Waals surface area (Å²) in [5.41, 5.74) is 2.81. The van der Waals surface area contributed by atoms with Gasteiger partial charge in [0.05, 0.1) is 11.4 Å². The summed E-state index contributed by atoms with van der Waals surface area (Å²) in [5.74, 6) is -1.59. The molecular weight excluding hydrogens is 619 g/mol. The summed E-state index contributed by atoms with van der Waals surface area (Å²) in [6, 6.07) is 28.4. The largest absolute Gasteiger partial charge is 0.321 e. The van der Waals surface area contributed by atoms with Crippen LogP contribution in [0.2, 0.25) is 5.02 Å². The van der Waals surface area contributed by atoms with E-state index in [-0.39, 0.29) is 17.4 Å². The standard InChI is InChI=1S/C33H24ClFN4O3S2/c34-27-12-5-4-11-26(27)29-19-44-33(38-29)39-30(40)20-43-25-10-6-9-24(18-25)36-32(42)28(17-21-13-15-23(35)16-14-21)37-31(41)22-7-2-1-3-8-22/h1-19H,20H2,(H,36,42)(H,37,41)(H,38,39,40)/b28-17-. The van der Waals surface area contributed by atoms with Crippen molar-refractivity contribution in [2.24, 2.45) is 0 Å². The van der Waals surface area contributed by atoms with E-state index in [1.54, 1.807) is 54.6 Å². The fraction of sp³-hybridized carbons (Fsp3) is 0.0303. The molecule has 11 heteroatoms. The molecule has 5 rings (SSSR count). The van der Waals surface area contributed by atoms with Crippen molar-refractivity contribution in [2.45, 2.75) is 4.90 Å². The predicted octanol–water partition coefficient (Wildman–Crippen LogP) is 7.74. The van der Waals surface area contributed by atoms with Crippen LogP contribution in [0.1, 0.15) is 15.9 Å². The lowest BCUT2D eigenvalue weighted by Crippen LogP contribution is -2.30. The van der Waals surface area contributed by atoms with Gasteiger partial charge in [-0.05, 0) is 60.2 Å². The van der Waals surface area contributed by atoms with E-state index in [0.29, 0.717) is 32.7 Å². The smallest absolute Gasteiger partial charge is 0.272 e. The van der Waals surface area contributed by atoms with Gasteiger partial charge in [-0.2, -0.15) is 0 Å². The van der Waals surface area contributed by atoms with Crippen LogP contribution in [-0.2, 0) is 9.59 Å². The summed E-state index contributed by atoms with van der Waals surface area (Å²) < 4.78 is 13.4. The third-order valence-corrected chi connectivity index (χ3v) is 8.15. The number of nitrogens with one attached hydrogen (secondary N) is 3. The van der Waals surface area contributed by atoms with Crippen molar-refractivity contribution in [1.29, 1.82) is 0 Å². The fourth-order valence-electron chi connectivity index (χ4n) is 3.96. The maximum atomic E-state index is 13.4. The van der Waals surface area contributed by atoms with Gasteiger partial charge in [0.15, 0.2) is 5.13 Å². The van der Waals surface area contributed by atoms with Crippen molar-refractivity contribution < 1.29 is 18.8 Å². The number of rotatable bonds is 10. The van der Waals surface area contributed by atoms with Crippen molar-refractivity contribution in [3.05, 3.63) is 136 Å². The Morgan fingerprint density at radius 1 is 0.886 bits per heavy atom. The summed E-state index contributed by atoms with van der Waals surface area (Å²) in [4.78, 5) is 44.0. The number of nitrogens with zero attached hydrogens (tertiary/aromatic N) is 1. The number of hydrogen-bond donors (Lipinski definition) is 3. The van der Waals surface area contributed by atoms with Crippen molar-refractivity contribution in [2.75, 3.05) is 16.4 Å². The van der Waals surface area contributed by atoms with Crippen molar-refractivity contribution >= 4 is 69.3 Å². The number of carbonyl (C=O) groups excluding carboxylic acids is 3. The van der Waals surface area contributed by atoms with E-state index in [1.807, 2.05) is 29.6 Å². The molecule has 0 atom stereocenters. The number of thiazole rings is 1. The van der Waals surface area contributed by atoms with Gasteiger partial charge < -0.3 is 16.0 Å². The Balaban J connectivity index is 1.22. The normalized spacial score (nSPS) is 11.1. The molecule has 0 aliphatic heterocycles. The van der Waals surface area contributed by atoms with Gasteiger partial charge in [0.25, 0.3) is 11.8 Å². The van der Waals surface area contributed by atoms with Crippen LogP contribution in [0, 0.1) is 5.82 Å². The monoisotopic (exact) mass is 642 g/mol. The summed E-state index contributed by atoms with van der Waals surface area (Å²) in [6.07, 6.45) is 1.47. The van der Waals surface area contributed by atoms with Crippen LogP contribution >= 0.6 is 34.7 Å². The molecule has 0 unspecified atom stereocenters. The quantitative estimate of drug-likeness (QED) is 0.107. The Kier molecular flexibility index (Phi) is 10.2. The second-order valence-electron chi connectivity index (χ2n) is 9.27. The Labute approximate surface area is 266 Å². The van der Waals surface area contributed by atoms with E-state index in [1.165, 1.54) is 53.4 Å². The number of amides is 3. The first kappa shape index (κ1) is 30.7. The van der Waals surface area contributed by atoms with E-state index < -0.39 is 17.6 Å². The number of benzene rings is 4. The first-order valence-electron chi connectivity index (χ1n) is 13.2. The molecule has 1 aromatic heterocycles. The first-order chi connectivity index (χ1) is 21.3. The average Bonchev–Trinajstić information content (AvgIpc) is 3.49. The van der Waals surface area contributed by atoms with Gasteiger partial charge >= 0.3 is 0 Å². The highest BCUT2D eigenvalue weighted by molar-refractivity contribution is 8.00. The molecule has 44 heavy (non-hydrogen) atoms. The maximum Gasteiger partial charge on any atom is 0.272 e. The van der Waals surface area contributed by atoms with E-state index in [4.69, 9.17) is 11.6 Å². The van der Waals surface area contributed by atoms with Crippen LogP contribution in [0.25, 0.3) is 17.3 Å². The molecule has 0 aliphatic carbocycles. The van der Waals surface area contributed by atoms with Crippen molar-refractivity contribution in [3.8, 4) is 11.3 Å². The van der Waals surface area contributed by atoms with E-state index in [0.717, 1.165) is 10.5 Å². The fourth-order valence-corrected chi connectivity index (χ4v) is 5.67. The van der Waals surface area contributed by atoms with Crippen molar-refractivity contribution in [3.63, 3.8) is 0 Å². The van der Waals surface area contributed by atoms with Crippen LogP contribution in [0.5, 0.6) is 0 Å².